The molecule has 2 nitrogen and oxygen atoms in total. The molecule has 0 saturated heterocycles. The Morgan fingerprint density at radius 3 is 2.00 bits per heavy atom. The molecule has 0 amide bonds. The van der Waals surface area contributed by atoms with Crippen molar-refractivity contribution in [1.82, 2.24) is 0 Å². The number of aliphatic hydroxyl groups is 2. The zero-order chi connectivity index (χ0) is 15.2. The molecule has 0 spiro atoms. The number of hydrogen-bond acceptors (Lipinski definition) is 2. The molecule has 0 saturated carbocycles. The molecule has 0 bridgehead atoms. The van der Waals surface area contributed by atoms with Crippen LogP contribution in [-0.4, -0.2) is 40.8 Å². The van der Waals surface area contributed by atoms with Crippen molar-refractivity contribution >= 4 is 18.4 Å². The normalized spacial score (nSPS) is 17.3. The van der Waals surface area contributed by atoms with Crippen LogP contribution < -0.4 is 0 Å². The Bertz CT molecular complexity index is 268. The molecule has 3 heteroatoms. The minimum absolute atomic E-state index is 0.132. The van der Waals surface area contributed by atoms with Crippen molar-refractivity contribution in [2.24, 2.45) is 11.8 Å². The molecular formula is C16H34O2Sn. The van der Waals surface area contributed by atoms with E-state index >= 15 is 0 Å². The quantitative estimate of drug-likeness (QED) is 0.471. The van der Waals surface area contributed by atoms with E-state index in [-0.39, 0.29) is 11.8 Å². The van der Waals surface area contributed by atoms with E-state index in [1.54, 1.807) is 0 Å². The van der Waals surface area contributed by atoms with E-state index in [1.165, 1.54) is 3.59 Å². The molecular weight excluding hydrogens is 343 g/mol. The predicted octanol–water partition coefficient (Wildman–Crippen LogP) is 3.99. The van der Waals surface area contributed by atoms with E-state index in [1.807, 2.05) is 13.8 Å². The summed E-state index contributed by atoms with van der Waals surface area (Å²) in [6, 6.07) is 0. The molecule has 0 rings (SSSR count). The van der Waals surface area contributed by atoms with Gasteiger partial charge in [-0.15, -0.1) is 0 Å². The van der Waals surface area contributed by atoms with Gasteiger partial charge in [0.1, 0.15) is 0 Å². The maximum atomic E-state index is 10.5. The summed E-state index contributed by atoms with van der Waals surface area (Å²) < 4.78 is 1.17. The minimum atomic E-state index is -2.31. The summed E-state index contributed by atoms with van der Waals surface area (Å²) in [5, 5.41) is 21.0. The first-order chi connectivity index (χ1) is 8.62. The molecule has 0 aromatic carbocycles. The van der Waals surface area contributed by atoms with E-state index in [0.717, 1.165) is 25.7 Å². The molecule has 0 unspecified atom stereocenters. The van der Waals surface area contributed by atoms with Gasteiger partial charge < -0.3 is 0 Å². The van der Waals surface area contributed by atoms with E-state index in [2.05, 4.69) is 28.3 Å². The van der Waals surface area contributed by atoms with E-state index < -0.39 is 30.6 Å². The second-order valence-electron chi connectivity index (χ2n) is 7.10. The third-order valence-corrected chi connectivity index (χ3v) is 10.4. The number of unbranched alkanes of at least 4 members (excludes halogenated alkanes) is 2. The Labute approximate surface area is 124 Å². The second-order valence-corrected chi connectivity index (χ2v) is 21.8. The van der Waals surface area contributed by atoms with Gasteiger partial charge in [-0.1, -0.05) is 0 Å². The number of rotatable bonds is 9. The molecule has 0 radical (unpaired) electrons. The average molecular weight is 377 g/mol. The summed E-state index contributed by atoms with van der Waals surface area (Å²) >= 11 is -2.31. The van der Waals surface area contributed by atoms with E-state index in [9.17, 15) is 10.2 Å². The number of hydrogen-bond donors (Lipinski definition) is 2. The molecule has 0 aromatic rings. The van der Waals surface area contributed by atoms with Gasteiger partial charge >= 0.3 is 124 Å². The molecule has 0 aliphatic rings. The number of aliphatic hydroxyl groups excluding tert-OH is 2. The molecule has 0 heterocycles. The van der Waals surface area contributed by atoms with Crippen LogP contribution in [0.3, 0.4) is 0 Å². The van der Waals surface area contributed by atoms with Gasteiger partial charge in [-0.05, 0) is 0 Å². The Balaban J connectivity index is 4.91. The van der Waals surface area contributed by atoms with Crippen LogP contribution in [0, 0.1) is 11.8 Å². The Hall–Kier alpha value is 0.459. The molecule has 2 N–H and O–H groups in total. The SMILES string of the molecule is C=[C]([C@H]([C@@H](O)CCCCC)[C@@H](O)C(C)C)[Sn]([CH3])([CH3])[CH3]. The predicted molar refractivity (Wildman–Crippen MR) is 87.0 cm³/mol. The Morgan fingerprint density at radius 1 is 1.11 bits per heavy atom. The van der Waals surface area contributed by atoms with Crippen molar-refractivity contribution in [1.29, 1.82) is 0 Å². The monoisotopic (exact) mass is 378 g/mol. The maximum absolute atomic E-state index is 10.5. The molecule has 0 aromatic heterocycles. The van der Waals surface area contributed by atoms with Gasteiger partial charge in [0.25, 0.3) is 0 Å². The van der Waals surface area contributed by atoms with Crippen LogP contribution in [0.1, 0.15) is 46.5 Å². The van der Waals surface area contributed by atoms with Gasteiger partial charge in [-0.3, -0.25) is 0 Å². The third kappa shape index (κ3) is 6.63. The van der Waals surface area contributed by atoms with Crippen molar-refractivity contribution in [3.63, 3.8) is 0 Å². The first-order valence-electron chi connectivity index (χ1n) is 7.68. The van der Waals surface area contributed by atoms with Gasteiger partial charge in [0, 0.05) is 0 Å². The van der Waals surface area contributed by atoms with Crippen molar-refractivity contribution in [2.75, 3.05) is 0 Å². The van der Waals surface area contributed by atoms with Crippen LogP contribution in [0.4, 0.5) is 0 Å². The Kier molecular flexibility index (Phi) is 8.89. The van der Waals surface area contributed by atoms with Gasteiger partial charge in [0.05, 0.1) is 0 Å². The van der Waals surface area contributed by atoms with Crippen LogP contribution >= 0.6 is 0 Å². The van der Waals surface area contributed by atoms with Gasteiger partial charge in [0.15, 0.2) is 0 Å². The summed E-state index contributed by atoms with van der Waals surface area (Å²) in [5.41, 5.74) is 0. The van der Waals surface area contributed by atoms with Crippen molar-refractivity contribution in [3.8, 4) is 0 Å². The zero-order valence-corrected chi connectivity index (χ0v) is 16.6. The van der Waals surface area contributed by atoms with Crippen LogP contribution in [0.5, 0.6) is 0 Å². The topological polar surface area (TPSA) is 40.5 Å². The third-order valence-electron chi connectivity index (χ3n) is 3.93. The van der Waals surface area contributed by atoms with Crippen LogP contribution in [0.15, 0.2) is 10.2 Å². The zero-order valence-electron chi connectivity index (χ0n) is 13.7. The molecule has 0 aliphatic heterocycles. The summed E-state index contributed by atoms with van der Waals surface area (Å²) in [7, 11) is 0. The molecule has 0 fully saturated rings. The first kappa shape index (κ1) is 19.5. The van der Waals surface area contributed by atoms with Crippen LogP contribution in [0.2, 0.25) is 14.8 Å². The van der Waals surface area contributed by atoms with Crippen LogP contribution in [-0.2, 0) is 0 Å². The van der Waals surface area contributed by atoms with Crippen LogP contribution in [0.25, 0.3) is 0 Å². The van der Waals surface area contributed by atoms with Crippen molar-refractivity contribution in [2.45, 2.75) is 73.5 Å². The fraction of sp³-hybridized carbons (Fsp3) is 0.875. The molecule has 114 valence electrons. The van der Waals surface area contributed by atoms with Crippen molar-refractivity contribution < 1.29 is 10.2 Å². The van der Waals surface area contributed by atoms with Gasteiger partial charge in [-0.2, -0.15) is 0 Å². The summed E-state index contributed by atoms with van der Waals surface area (Å²) in [6.45, 7) is 10.4. The summed E-state index contributed by atoms with van der Waals surface area (Å²) in [4.78, 5) is 6.90. The second kappa shape index (κ2) is 8.68. The Morgan fingerprint density at radius 2 is 1.63 bits per heavy atom. The summed E-state index contributed by atoms with van der Waals surface area (Å²) in [6.07, 6.45) is 3.21. The van der Waals surface area contributed by atoms with E-state index in [4.69, 9.17) is 0 Å². The fourth-order valence-electron chi connectivity index (χ4n) is 2.36. The standard InChI is InChI=1S/C13H25O2.3CH3.Sn/c1-5-7-8-9-12(14)11(6-2)13(15)10(3)4;;;;/h10-15H,2,5,7-9H2,1,3-4H3;3*1H3;/t11-,12+,13+;;;;/m1..../s1. The molecule has 3 atom stereocenters. The van der Waals surface area contributed by atoms with Gasteiger partial charge in [-0.25, -0.2) is 0 Å². The van der Waals surface area contributed by atoms with Crippen molar-refractivity contribution in [3.05, 3.63) is 10.2 Å². The van der Waals surface area contributed by atoms with Gasteiger partial charge in [0.2, 0.25) is 0 Å². The fourth-order valence-corrected chi connectivity index (χ4v) is 6.25. The molecule has 0 aliphatic carbocycles. The first-order valence-corrected chi connectivity index (χ1v) is 17.7. The average Bonchev–Trinajstić information content (AvgIpc) is 2.28. The molecule has 19 heavy (non-hydrogen) atoms. The van der Waals surface area contributed by atoms with E-state index in [0.29, 0.717) is 0 Å². The summed E-state index contributed by atoms with van der Waals surface area (Å²) in [5.74, 6) is 0.0314.